The fourth-order valence-corrected chi connectivity index (χ4v) is 0.687. The SMILES string of the molecule is O=C(O)CCc1ncc(F)cn1. The van der Waals surface area contributed by atoms with Crippen molar-refractivity contribution in [1.82, 2.24) is 9.97 Å². The molecule has 1 N–H and O–H groups in total. The molecule has 0 aliphatic heterocycles. The first-order valence-corrected chi connectivity index (χ1v) is 3.36. The topological polar surface area (TPSA) is 63.1 Å². The van der Waals surface area contributed by atoms with Gasteiger partial charge in [0.25, 0.3) is 0 Å². The van der Waals surface area contributed by atoms with Gasteiger partial charge in [-0.05, 0) is 0 Å². The van der Waals surface area contributed by atoms with E-state index >= 15 is 0 Å². The summed E-state index contributed by atoms with van der Waals surface area (Å²) in [6.45, 7) is 0. The number of carbonyl (C=O) groups is 1. The molecule has 0 aromatic carbocycles. The van der Waals surface area contributed by atoms with Gasteiger partial charge in [-0.15, -0.1) is 0 Å². The molecule has 0 fully saturated rings. The van der Waals surface area contributed by atoms with Crippen LogP contribution in [-0.4, -0.2) is 21.0 Å². The molecule has 0 atom stereocenters. The number of aryl methyl sites for hydroxylation is 1. The third-order valence-corrected chi connectivity index (χ3v) is 1.24. The highest BCUT2D eigenvalue weighted by Crippen LogP contribution is 1.96. The molecular weight excluding hydrogens is 163 g/mol. The van der Waals surface area contributed by atoms with Crippen LogP contribution in [0.5, 0.6) is 0 Å². The number of rotatable bonds is 3. The molecule has 1 rings (SSSR count). The van der Waals surface area contributed by atoms with Crippen LogP contribution in [0.1, 0.15) is 12.2 Å². The van der Waals surface area contributed by atoms with Crippen LogP contribution in [0.15, 0.2) is 12.4 Å². The Hall–Kier alpha value is -1.52. The van der Waals surface area contributed by atoms with Gasteiger partial charge in [0.1, 0.15) is 5.82 Å². The van der Waals surface area contributed by atoms with Crippen molar-refractivity contribution in [1.29, 1.82) is 0 Å². The van der Waals surface area contributed by atoms with Crippen LogP contribution < -0.4 is 0 Å². The maximum atomic E-state index is 12.2. The Labute approximate surface area is 68.1 Å². The molecule has 0 radical (unpaired) electrons. The van der Waals surface area contributed by atoms with Gasteiger partial charge in [0.05, 0.1) is 18.8 Å². The summed E-state index contributed by atoms with van der Waals surface area (Å²) in [5, 5.41) is 8.30. The van der Waals surface area contributed by atoms with Gasteiger partial charge in [-0.1, -0.05) is 0 Å². The lowest BCUT2D eigenvalue weighted by molar-refractivity contribution is -0.137. The Balaban J connectivity index is 2.53. The fraction of sp³-hybridized carbons (Fsp3) is 0.286. The first kappa shape index (κ1) is 8.58. The second-order valence-corrected chi connectivity index (χ2v) is 2.21. The van der Waals surface area contributed by atoms with Crippen LogP contribution in [0.3, 0.4) is 0 Å². The van der Waals surface area contributed by atoms with Gasteiger partial charge >= 0.3 is 5.97 Å². The van der Waals surface area contributed by atoms with E-state index < -0.39 is 11.8 Å². The third-order valence-electron chi connectivity index (χ3n) is 1.24. The van der Waals surface area contributed by atoms with Crippen molar-refractivity contribution in [2.24, 2.45) is 0 Å². The van der Waals surface area contributed by atoms with Gasteiger partial charge in [0.2, 0.25) is 0 Å². The molecule has 12 heavy (non-hydrogen) atoms. The van der Waals surface area contributed by atoms with Crippen LogP contribution in [0.4, 0.5) is 4.39 Å². The van der Waals surface area contributed by atoms with Crippen molar-refractivity contribution in [2.45, 2.75) is 12.8 Å². The maximum Gasteiger partial charge on any atom is 0.303 e. The molecular formula is C7H7FN2O2. The monoisotopic (exact) mass is 170 g/mol. The summed E-state index contributed by atoms with van der Waals surface area (Å²) in [6, 6.07) is 0. The molecule has 0 spiro atoms. The highest BCUT2D eigenvalue weighted by Gasteiger charge is 2.01. The van der Waals surface area contributed by atoms with Crippen molar-refractivity contribution in [3.8, 4) is 0 Å². The van der Waals surface area contributed by atoms with E-state index in [-0.39, 0.29) is 12.8 Å². The largest absolute Gasteiger partial charge is 0.481 e. The molecule has 1 aromatic rings. The number of nitrogens with zero attached hydrogens (tertiary/aromatic N) is 2. The molecule has 64 valence electrons. The van der Waals surface area contributed by atoms with E-state index in [4.69, 9.17) is 5.11 Å². The summed E-state index contributed by atoms with van der Waals surface area (Å²) in [6.07, 6.45) is 2.23. The number of hydrogen-bond donors (Lipinski definition) is 1. The van der Waals surface area contributed by atoms with E-state index in [1.54, 1.807) is 0 Å². The maximum absolute atomic E-state index is 12.2. The normalized spacial score (nSPS) is 9.75. The average molecular weight is 170 g/mol. The first-order chi connectivity index (χ1) is 5.68. The van der Waals surface area contributed by atoms with Crippen LogP contribution in [-0.2, 0) is 11.2 Å². The Morgan fingerprint density at radius 3 is 2.58 bits per heavy atom. The van der Waals surface area contributed by atoms with Gasteiger partial charge in [-0.25, -0.2) is 14.4 Å². The van der Waals surface area contributed by atoms with Gasteiger partial charge in [-0.3, -0.25) is 4.79 Å². The van der Waals surface area contributed by atoms with Crippen molar-refractivity contribution >= 4 is 5.97 Å². The van der Waals surface area contributed by atoms with Crippen molar-refractivity contribution in [2.75, 3.05) is 0 Å². The predicted octanol–water partition coefficient (Wildman–Crippen LogP) is 0.633. The number of carboxylic acids is 1. The molecule has 0 saturated carbocycles. The van der Waals surface area contributed by atoms with E-state index in [1.807, 2.05) is 0 Å². The zero-order chi connectivity index (χ0) is 8.97. The fourth-order valence-electron chi connectivity index (χ4n) is 0.687. The van der Waals surface area contributed by atoms with Crippen molar-refractivity contribution in [3.63, 3.8) is 0 Å². The average Bonchev–Trinajstić information content (AvgIpc) is 2.03. The van der Waals surface area contributed by atoms with Gasteiger partial charge in [0, 0.05) is 6.42 Å². The van der Waals surface area contributed by atoms with Crippen LogP contribution in [0.25, 0.3) is 0 Å². The quantitative estimate of drug-likeness (QED) is 0.722. The summed E-state index contributed by atoms with van der Waals surface area (Å²) in [4.78, 5) is 17.3. The highest BCUT2D eigenvalue weighted by molar-refractivity contribution is 5.66. The summed E-state index contributed by atoms with van der Waals surface area (Å²) in [5.74, 6) is -1.09. The minimum Gasteiger partial charge on any atom is -0.481 e. The van der Waals surface area contributed by atoms with E-state index in [1.165, 1.54) is 0 Å². The Morgan fingerprint density at radius 1 is 1.50 bits per heavy atom. The standard InChI is InChI=1S/C7H7FN2O2/c8-5-3-9-6(10-4-5)1-2-7(11)12/h3-4H,1-2H2,(H,11,12). The van der Waals surface area contributed by atoms with E-state index in [0.717, 1.165) is 12.4 Å². The van der Waals surface area contributed by atoms with E-state index in [9.17, 15) is 9.18 Å². The Morgan fingerprint density at radius 2 is 2.08 bits per heavy atom. The number of carboxylic acid groups (broad SMARTS) is 1. The molecule has 0 aliphatic rings. The predicted molar refractivity (Wildman–Crippen MR) is 37.9 cm³/mol. The molecule has 0 amide bonds. The second kappa shape index (κ2) is 3.75. The smallest absolute Gasteiger partial charge is 0.303 e. The summed E-state index contributed by atoms with van der Waals surface area (Å²) in [7, 11) is 0. The number of halogens is 1. The number of aliphatic carboxylic acids is 1. The van der Waals surface area contributed by atoms with Crippen LogP contribution >= 0.6 is 0 Å². The van der Waals surface area contributed by atoms with Gasteiger partial charge in [0.15, 0.2) is 5.82 Å². The van der Waals surface area contributed by atoms with Gasteiger partial charge < -0.3 is 5.11 Å². The summed E-state index contributed by atoms with van der Waals surface area (Å²) >= 11 is 0. The van der Waals surface area contributed by atoms with Crippen LogP contribution in [0.2, 0.25) is 0 Å². The lowest BCUT2D eigenvalue weighted by Crippen LogP contribution is -2.01. The number of hydrogen-bond acceptors (Lipinski definition) is 3. The summed E-state index contributed by atoms with van der Waals surface area (Å²) < 4.78 is 12.2. The van der Waals surface area contributed by atoms with E-state index in [2.05, 4.69) is 9.97 Å². The lowest BCUT2D eigenvalue weighted by atomic mass is 10.3. The van der Waals surface area contributed by atoms with Crippen LogP contribution in [0, 0.1) is 5.82 Å². The lowest BCUT2D eigenvalue weighted by Gasteiger charge is -1.94. The van der Waals surface area contributed by atoms with Crippen molar-refractivity contribution < 1.29 is 14.3 Å². The molecule has 4 nitrogen and oxygen atoms in total. The summed E-state index contributed by atoms with van der Waals surface area (Å²) in [5.41, 5.74) is 0. The zero-order valence-corrected chi connectivity index (χ0v) is 6.20. The number of aromatic nitrogens is 2. The molecule has 0 unspecified atom stereocenters. The molecule has 5 heteroatoms. The first-order valence-electron chi connectivity index (χ1n) is 3.36. The van der Waals surface area contributed by atoms with Crippen molar-refractivity contribution in [3.05, 3.63) is 24.0 Å². The third kappa shape index (κ3) is 2.61. The molecule has 0 saturated heterocycles. The zero-order valence-electron chi connectivity index (χ0n) is 6.20. The second-order valence-electron chi connectivity index (χ2n) is 2.21. The highest BCUT2D eigenvalue weighted by atomic mass is 19.1. The Kier molecular flexibility index (Phi) is 2.68. The molecule has 1 aromatic heterocycles. The minimum atomic E-state index is -0.914. The molecule has 1 heterocycles. The molecule has 0 bridgehead atoms. The molecule has 0 aliphatic carbocycles. The van der Waals surface area contributed by atoms with E-state index in [0.29, 0.717) is 5.82 Å². The minimum absolute atomic E-state index is 0.0361. The van der Waals surface area contributed by atoms with Gasteiger partial charge in [-0.2, -0.15) is 0 Å². The Bertz CT molecular complexity index is 273.